The standard InChI is InChI=1S/C25H23Br2N5O2S3/c26-18-5-1-3-16(11-18)13-20(33)15-24-31-29-22(36-24)7-9-35-10-8-23-30-32-25(37-23)28-21(34)14-17-4-2-6-19(27)12-17/h1-6,11-12H,7-10,13-15H2,(H,28,32,34). The van der Waals surface area contributed by atoms with E-state index in [4.69, 9.17) is 0 Å². The van der Waals surface area contributed by atoms with Crippen LogP contribution in [0.4, 0.5) is 5.13 Å². The first-order valence-corrected chi connectivity index (χ1v) is 15.8. The van der Waals surface area contributed by atoms with Crippen LogP contribution in [0.15, 0.2) is 57.5 Å². The maximum Gasteiger partial charge on any atom is 0.230 e. The van der Waals surface area contributed by atoms with E-state index in [2.05, 4.69) is 57.6 Å². The summed E-state index contributed by atoms with van der Waals surface area (Å²) in [5.41, 5.74) is 1.92. The van der Waals surface area contributed by atoms with E-state index in [0.717, 1.165) is 59.4 Å². The van der Waals surface area contributed by atoms with Gasteiger partial charge < -0.3 is 5.32 Å². The van der Waals surface area contributed by atoms with E-state index in [9.17, 15) is 9.59 Å². The number of aryl methyl sites for hydroxylation is 2. The molecule has 0 saturated carbocycles. The summed E-state index contributed by atoms with van der Waals surface area (Å²) in [7, 11) is 0. The monoisotopic (exact) mass is 679 g/mol. The summed E-state index contributed by atoms with van der Waals surface area (Å²) in [6.07, 6.45) is 2.60. The maximum atomic E-state index is 12.4. The Bertz CT molecular complexity index is 1260. The average molecular weight is 682 g/mol. The molecule has 0 spiro atoms. The van der Waals surface area contributed by atoms with Gasteiger partial charge in [-0.25, -0.2) is 0 Å². The quantitative estimate of drug-likeness (QED) is 0.174. The number of thioether (sulfide) groups is 1. The van der Waals surface area contributed by atoms with Crippen molar-refractivity contribution in [1.29, 1.82) is 0 Å². The maximum absolute atomic E-state index is 12.4. The zero-order valence-electron chi connectivity index (χ0n) is 19.7. The fourth-order valence-electron chi connectivity index (χ4n) is 3.39. The van der Waals surface area contributed by atoms with Crippen LogP contribution in [0, 0.1) is 0 Å². The molecule has 4 rings (SSSR count). The molecule has 4 aromatic rings. The Morgan fingerprint density at radius 3 is 2.03 bits per heavy atom. The van der Waals surface area contributed by atoms with E-state index < -0.39 is 0 Å². The number of aromatic nitrogens is 4. The molecule has 2 aromatic carbocycles. The highest BCUT2D eigenvalue weighted by Crippen LogP contribution is 2.20. The van der Waals surface area contributed by atoms with Crippen molar-refractivity contribution < 1.29 is 9.59 Å². The number of amides is 1. The first kappa shape index (κ1) is 28.0. The van der Waals surface area contributed by atoms with Gasteiger partial charge in [-0.1, -0.05) is 67.5 Å². The molecule has 0 aliphatic carbocycles. The second-order valence-corrected chi connectivity index (χ2v) is 13.3. The van der Waals surface area contributed by atoms with E-state index in [1.807, 2.05) is 60.3 Å². The number of carbonyl (C=O) groups excluding carboxylic acids is 2. The number of rotatable bonds is 13. The number of benzene rings is 2. The van der Waals surface area contributed by atoms with Gasteiger partial charge in [0.1, 0.15) is 20.8 Å². The molecule has 1 amide bonds. The van der Waals surface area contributed by atoms with Crippen molar-refractivity contribution in [3.05, 3.63) is 83.6 Å². The molecule has 0 unspecified atom stereocenters. The first-order valence-electron chi connectivity index (χ1n) is 11.4. The van der Waals surface area contributed by atoms with Crippen LogP contribution in [0.25, 0.3) is 0 Å². The van der Waals surface area contributed by atoms with Crippen molar-refractivity contribution in [3.8, 4) is 0 Å². The first-order chi connectivity index (χ1) is 17.9. The highest BCUT2D eigenvalue weighted by molar-refractivity contribution is 9.10. The van der Waals surface area contributed by atoms with Gasteiger partial charge in [0.2, 0.25) is 11.0 Å². The van der Waals surface area contributed by atoms with Gasteiger partial charge in [-0.05, 0) is 46.9 Å². The molecule has 2 heterocycles. The van der Waals surface area contributed by atoms with E-state index in [1.54, 1.807) is 0 Å². The van der Waals surface area contributed by atoms with E-state index >= 15 is 0 Å². The molecular weight excluding hydrogens is 658 g/mol. The zero-order valence-corrected chi connectivity index (χ0v) is 25.3. The van der Waals surface area contributed by atoms with E-state index in [-0.39, 0.29) is 18.1 Å². The third kappa shape index (κ3) is 9.68. The van der Waals surface area contributed by atoms with E-state index in [1.165, 1.54) is 22.7 Å². The molecule has 37 heavy (non-hydrogen) atoms. The summed E-state index contributed by atoms with van der Waals surface area (Å²) >= 11 is 11.6. The molecule has 0 aliphatic heterocycles. The Morgan fingerprint density at radius 1 is 0.757 bits per heavy atom. The van der Waals surface area contributed by atoms with Crippen LogP contribution in [0.2, 0.25) is 0 Å². The Labute approximate surface area is 244 Å². The van der Waals surface area contributed by atoms with Crippen LogP contribution in [-0.2, 0) is 41.7 Å². The van der Waals surface area contributed by atoms with Crippen LogP contribution >= 0.6 is 66.3 Å². The van der Waals surface area contributed by atoms with Gasteiger partial charge in [0, 0.05) is 28.2 Å². The predicted molar refractivity (Wildman–Crippen MR) is 158 cm³/mol. The van der Waals surface area contributed by atoms with Gasteiger partial charge in [0.15, 0.2) is 0 Å². The topological polar surface area (TPSA) is 97.7 Å². The summed E-state index contributed by atoms with van der Waals surface area (Å²) in [5.74, 6) is 1.84. The minimum absolute atomic E-state index is 0.110. The molecule has 2 aromatic heterocycles. The predicted octanol–water partition coefficient (Wildman–Crippen LogP) is 5.97. The van der Waals surface area contributed by atoms with Crippen LogP contribution in [0.3, 0.4) is 0 Å². The van der Waals surface area contributed by atoms with E-state index in [0.29, 0.717) is 18.0 Å². The molecule has 1 N–H and O–H groups in total. The lowest BCUT2D eigenvalue weighted by atomic mass is 10.1. The third-order valence-electron chi connectivity index (χ3n) is 5.03. The van der Waals surface area contributed by atoms with Gasteiger partial charge in [0.25, 0.3) is 0 Å². The fraction of sp³-hybridized carbons (Fsp3) is 0.280. The number of nitrogens with zero attached hydrogens (tertiary/aromatic N) is 4. The zero-order chi connectivity index (χ0) is 26.0. The molecule has 0 atom stereocenters. The number of nitrogens with one attached hydrogen (secondary N) is 1. The molecular formula is C25H23Br2N5O2S3. The lowest BCUT2D eigenvalue weighted by Gasteiger charge is -2.02. The lowest BCUT2D eigenvalue weighted by molar-refractivity contribution is -0.118. The molecule has 0 radical (unpaired) electrons. The van der Waals surface area contributed by atoms with Gasteiger partial charge in [-0.15, -0.1) is 31.7 Å². The number of hydrogen-bond donors (Lipinski definition) is 1. The molecule has 0 aliphatic rings. The Kier molecular flexibility index (Phi) is 10.8. The Balaban J connectivity index is 1.12. The van der Waals surface area contributed by atoms with Crippen molar-refractivity contribution in [3.63, 3.8) is 0 Å². The number of anilines is 1. The summed E-state index contributed by atoms with van der Waals surface area (Å²) < 4.78 is 1.92. The van der Waals surface area contributed by atoms with Crippen LogP contribution in [-0.4, -0.2) is 43.6 Å². The molecule has 0 saturated heterocycles. The normalized spacial score (nSPS) is 11.0. The molecule has 0 bridgehead atoms. The minimum atomic E-state index is -0.110. The van der Waals surface area contributed by atoms with Gasteiger partial charge >= 0.3 is 0 Å². The van der Waals surface area contributed by atoms with Crippen molar-refractivity contribution in [1.82, 2.24) is 20.4 Å². The average Bonchev–Trinajstić information content (AvgIpc) is 3.48. The summed E-state index contributed by atoms with van der Waals surface area (Å²) in [6.45, 7) is 0. The number of Topliss-reactive ketones (excluding diaryl/α,β-unsaturated/α-hetero) is 1. The fourth-order valence-corrected chi connectivity index (χ4v) is 7.05. The Morgan fingerprint density at radius 2 is 1.35 bits per heavy atom. The number of hydrogen-bond acceptors (Lipinski definition) is 9. The minimum Gasteiger partial charge on any atom is -0.300 e. The summed E-state index contributed by atoms with van der Waals surface area (Å²) in [5, 5.41) is 22.7. The Hall–Kier alpha value is -1.99. The van der Waals surface area contributed by atoms with Crippen LogP contribution in [0.5, 0.6) is 0 Å². The summed E-state index contributed by atoms with van der Waals surface area (Å²) in [6, 6.07) is 15.5. The molecule has 192 valence electrons. The number of carbonyl (C=O) groups is 2. The van der Waals surface area contributed by atoms with Crippen molar-refractivity contribution in [2.75, 3.05) is 16.8 Å². The van der Waals surface area contributed by atoms with Crippen LogP contribution < -0.4 is 5.32 Å². The smallest absolute Gasteiger partial charge is 0.230 e. The summed E-state index contributed by atoms with van der Waals surface area (Å²) in [4.78, 5) is 24.6. The van der Waals surface area contributed by atoms with Crippen molar-refractivity contribution in [2.24, 2.45) is 0 Å². The second kappa shape index (κ2) is 14.2. The van der Waals surface area contributed by atoms with Gasteiger partial charge in [0.05, 0.1) is 12.8 Å². The number of halogens is 2. The van der Waals surface area contributed by atoms with Crippen LogP contribution in [0.1, 0.15) is 26.1 Å². The highest BCUT2D eigenvalue weighted by Gasteiger charge is 2.12. The SMILES string of the molecule is O=C(Cc1cccc(Br)c1)Cc1nnc(CCSCCc2nnc(NC(=O)Cc3cccc(Br)c3)s2)s1. The second-order valence-electron chi connectivity index (χ2n) is 8.08. The third-order valence-corrected chi connectivity index (χ3v) is 8.89. The van der Waals surface area contributed by atoms with Crippen molar-refractivity contribution >= 4 is 83.1 Å². The van der Waals surface area contributed by atoms with Gasteiger partial charge in [-0.2, -0.15) is 11.8 Å². The van der Waals surface area contributed by atoms with Crippen molar-refractivity contribution in [2.45, 2.75) is 32.1 Å². The molecule has 12 heteroatoms. The molecule has 7 nitrogen and oxygen atoms in total. The largest absolute Gasteiger partial charge is 0.300 e. The lowest BCUT2D eigenvalue weighted by Crippen LogP contribution is -2.14. The molecule has 0 fully saturated rings. The highest BCUT2D eigenvalue weighted by atomic mass is 79.9. The van der Waals surface area contributed by atoms with Gasteiger partial charge in [-0.3, -0.25) is 9.59 Å². The number of ketones is 1.